The van der Waals surface area contributed by atoms with Gasteiger partial charge in [-0.2, -0.15) is 5.10 Å². The molecule has 1 aromatic heterocycles. The van der Waals surface area contributed by atoms with Crippen LogP contribution in [0.1, 0.15) is 37.2 Å². The fourth-order valence-corrected chi connectivity index (χ4v) is 4.35. The van der Waals surface area contributed by atoms with Gasteiger partial charge in [0.25, 0.3) is 0 Å². The topological polar surface area (TPSA) is 70.5 Å². The van der Waals surface area contributed by atoms with Gasteiger partial charge in [-0.25, -0.2) is 4.68 Å². The van der Waals surface area contributed by atoms with Gasteiger partial charge in [0.2, 0.25) is 11.8 Å². The van der Waals surface area contributed by atoms with E-state index in [2.05, 4.69) is 15.3 Å². The minimum absolute atomic E-state index is 0.0404. The Morgan fingerprint density at radius 2 is 1.84 bits per heavy atom. The maximum Gasteiger partial charge on any atom is 0.234 e. The van der Waals surface area contributed by atoms with Gasteiger partial charge in [-0.15, -0.1) is 0 Å². The van der Waals surface area contributed by atoms with E-state index in [0.29, 0.717) is 42.8 Å². The van der Waals surface area contributed by atoms with Gasteiger partial charge >= 0.3 is 0 Å². The SMILES string of the molecule is CCC(C)NC(=O)CN1CCN(C(=O)Cc2c(C)nn(-c3ccc(Cl)cc3Cl)c2C)CC1. The molecule has 2 aromatic rings. The molecule has 1 aliphatic rings. The lowest BCUT2D eigenvalue weighted by molar-refractivity contribution is -0.132. The molecule has 0 saturated carbocycles. The summed E-state index contributed by atoms with van der Waals surface area (Å²) in [5.41, 5.74) is 3.35. The van der Waals surface area contributed by atoms with E-state index in [-0.39, 0.29) is 24.3 Å². The Hall–Kier alpha value is -2.09. The zero-order valence-corrected chi connectivity index (χ0v) is 20.6. The first kappa shape index (κ1) is 24.6. The van der Waals surface area contributed by atoms with Crippen molar-refractivity contribution in [2.24, 2.45) is 0 Å². The number of aromatic nitrogens is 2. The summed E-state index contributed by atoms with van der Waals surface area (Å²) in [6.45, 7) is 10.9. The fraction of sp³-hybridized carbons (Fsp3) is 0.522. The summed E-state index contributed by atoms with van der Waals surface area (Å²) in [5, 5.41) is 8.67. The van der Waals surface area contributed by atoms with Crippen LogP contribution in [-0.2, 0) is 16.0 Å². The molecule has 2 amide bonds. The molecule has 0 radical (unpaired) electrons. The fourth-order valence-electron chi connectivity index (χ4n) is 3.86. The van der Waals surface area contributed by atoms with E-state index in [4.69, 9.17) is 23.2 Å². The van der Waals surface area contributed by atoms with E-state index in [9.17, 15) is 9.59 Å². The summed E-state index contributed by atoms with van der Waals surface area (Å²) in [6, 6.07) is 5.46. The maximum atomic E-state index is 13.0. The van der Waals surface area contributed by atoms with Crippen LogP contribution in [0, 0.1) is 13.8 Å². The zero-order chi connectivity index (χ0) is 23.4. The third-order valence-corrected chi connectivity index (χ3v) is 6.56. The Morgan fingerprint density at radius 3 is 2.47 bits per heavy atom. The normalized spacial score (nSPS) is 15.6. The van der Waals surface area contributed by atoms with Crippen LogP contribution in [0.15, 0.2) is 18.2 Å². The number of hydrogen-bond donors (Lipinski definition) is 1. The van der Waals surface area contributed by atoms with Crippen LogP contribution in [0.25, 0.3) is 5.69 Å². The predicted octanol–water partition coefficient (Wildman–Crippen LogP) is 3.40. The number of benzene rings is 1. The predicted molar refractivity (Wildman–Crippen MR) is 128 cm³/mol. The molecule has 1 N–H and O–H groups in total. The molecular weight excluding hydrogens is 449 g/mol. The molecule has 2 heterocycles. The van der Waals surface area contributed by atoms with Gasteiger partial charge in [0.1, 0.15) is 0 Å². The van der Waals surface area contributed by atoms with Gasteiger partial charge < -0.3 is 10.2 Å². The van der Waals surface area contributed by atoms with Crippen molar-refractivity contribution >= 4 is 35.0 Å². The molecule has 1 atom stereocenters. The minimum Gasteiger partial charge on any atom is -0.353 e. The third-order valence-electron chi connectivity index (χ3n) is 6.02. The van der Waals surface area contributed by atoms with Crippen LogP contribution in [-0.4, -0.2) is 70.2 Å². The number of nitrogens with zero attached hydrogens (tertiary/aromatic N) is 4. The second-order valence-electron chi connectivity index (χ2n) is 8.37. The van der Waals surface area contributed by atoms with Crippen LogP contribution in [0.5, 0.6) is 0 Å². The second-order valence-corrected chi connectivity index (χ2v) is 9.21. The number of carbonyl (C=O) groups is 2. The van der Waals surface area contributed by atoms with E-state index in [0.717, 1.165) is 29.1 Å². The van der Waals surface area contributed by atoms with Crippen molar-refractivity contribution < 1.29 is 9.59 Å². The van der Waals surface area contributed by atoms with E-state index >= 15 is 0 Å². The minimum atomic E-state index is 0.0404. The van der Waals surface area contributed by atoms with Crippen LogP contribution < -0.4 is 5.32 Å². The Labute approximate surface area is 199 Å². The monoisotopic (exact) mass is 479 g/mol. The molecule has 7 nitrogen and oxygen atoms in total. The molecule has 1 aromatic carbocycles. The summed E-state index contributed by atoms with van der Waals surface area (Å²) in [6.07, 6.45) is 1.20. The zero-order valence-electron chi connectivity index (χ0n) is 19.1. The molecule has 9 heteroatoms. The van der Waals surface area contributed by atoms with Crippen LogP contribution in [0.3, 0.4) is 0 Å². The number of rotatable bonds is 7. The van der Waals surface area contributed by atoms with Crippen molar-refractivity contribution in [3.8, 4) is 5.69 Å². The number of aryl methyl sites for hydroxylation is 1. The standard InChI is InChI=1S/C23H31Cl2N5O2/c1-5-15(2)26-22(31)14-28-8-10-29(11-9-28)23(32)13-19-16(3)27-30(17(19)4)21-7-6-18(24)12-20(21)25/h6-7,12,15H,5,8-11,13-14H2,1-4H3,(H,26,31). The van der Waals surface area contributed by atoms with Gasteiger partial charge in [0.15, 0.2) is 0 Å². The van der Waals surface area contributed by atoms with Gasteiger partial charge in [-0.05, 0) is 45.4 Å². The van der Waals surface area contributed by atoms with Gasteiger partial charge in [0, 0.05) is 48.5 Å². The first-order chi connectivity index (χ1) is 15.2. The highest BCUT2D eigenvalue weighted by Gasteiger charge is 2.25. The highest BCUT2D eigenvalue weighted by molar-refractivity contribution is 6.35. The third kappa shape index (κ3) is 5.82. The molecule has 0 spiro atoms. The maximum absolute atomic E-state index is 13.0. The number of amides is 2. The lowest BCUT2D eigenvalue weighted by atomic mass is 10.1. The number of hydrogen-bond acceptors (Lipinski definition) is 4. The largest absolute Gasteiger partial charge is 0.353 e. The van der Waals surface area contributed by atoms with Gasteiger partial charge in [0.05, 0.1) is 29.4 Å². The van der Waals surface area contributed by atoms with Crippen molar-refractivity contribution in [1.29, 1.82) is 0 Å². The van der Waals surface area contributed by atoms with E-state index < -0.39 is 0 Å². The summed E-state index contributed by atoms with van der Waals surface area (Å²) in [4.78, 5) is 29.1. The molecule has 1 aliphatic heterocycles. The average Bonchev–Trinajstić information content (AvgIpc) is 3.02. The molecule has 1 unspecified atom stereocenters. The molecule has 0 bridgehead atoms. The van der Waals surface area contributed by atoms with Crippen molar-refractivity contribution in [2.75, 3.05) is 32.7 Å². The Morgan fingerprint density at radius 1 is 1.16 bits per heavy atom. The Balaban J connectivity index is 1.60. The average molecular weight is 480 g/mol. The quantitative estimate of drug-likeness (QED) is 0.660. The van der Waals surface area contributed by atoms with E-state index in [1.165, 1.54) is 0 Å². The number of piperazine rings is 1. The van der Waals surface area contributed by atoms with E-state index in [1.807, 2.05) is 38.7 Å². The molecule has 1 saturated heterocycles. The molecule has 3 rings (SSSR count). The van der Waals surface area contributed by atoms with E-state index in [1.54, 1.807) is 16.8 Å². The van der Waals surface area contributed by atoms with Crippen LogP contribution in [0.4, 0.5) is 0 Å². The lowest BCUT2D eigenvalue weighted by Crippen LogP contribution is -2.52. The summed E-state index contributed by atoms with van der Waals surface area (Å²) in [7, 11) is 0. The molecular formula is C23H31Cl2N5O2. The smallest absolute Gasteiger partial charge is 0.234 e. The first-order valence-electron chi connectivity index (χ1n) is 11.0. The van der Waals surface area contributed by atoms with Gasteiger partial charge in [-0.1, -0.05) is 30.1 Å². The van der Waals surface area contributed by atoms with Crippen LogP contribution >= 0.6 is 23.2 Å². The van der Waals surface area contributed by atoms with Crippen molar-refractivity contribution in [3.63, 3.8) is 0 Å². The number of nitrogens with one attached hydrogen (secondary N) is 1. The van der Waals surface area contributed by atoms with Crippen LogP contribution in [0.2, 0.25) is 10.0 Å². The molecule has 0 aliphatic carbocycles. The van der Waals surface area contributed by atoms with Crippen molar-refractivity contribution in [2.45, 2.75) is 46.6 Å². The van der Waals surface area contributed by atoms with Crippen molar-refractivity contribution in [1.82, 2.24) is 24.9 Å². The lowest BCUT2D eigenvalue weighted by Gasteiger charge is -2.34. The first-order valence-corrected chi connectivity index (χ1v) is 11.7. The molecule has 32 heavy (non-hydrogen) atoms. The summed E-state index contributed by atoms with van der Waals surface area (Å²) < 4.78 is 1.77. The highest BCUT2D eigenvalue weighted by atomic mass is 35.5. The number of halogens is 2. The molecule has 174 valence electrons. The Kier molecular flexibility index (Phi) is 8.20. The number of carbonyl (C=O) groups excluding carboxylic acids is 2. The highest BCUT2D eigenvalue weighted by Crippen LogP contribution is 2.27. The molecule has 1 fully saturated rings. The second kappa shape index (κ2) is 10.7. The van der Waals surface area contributed by atoms with Gasteiger partial charge in [-0.3, -0.25) is 14.5 Å². The Bertz CT molecular complexity index is 983. The summed E-state index contributed by atoms with van der Waals surface area (Å²) in [5.74, 6) is 0.111. The summed E-state index contributed by atoms with van der Waals surface area (Å²) >= 11 is 12.4. The van der Waals surface area contributed by atoms with Crippen molar-refractivity contribution in [3.05, 3.63) is 45.2 Å².